The summed E-state index contributed by atoms with van der Waals surface area (Å²) in [6.07, 6.45) is 3.89. The van der Waals surface area contributed by atoms with Crippen molar-refractivity contribution in [2.24, 2.45) is 0 Å². The first-order valence-corrected chi connectivity index (χ1v) is 9.08. The highest BCUT2D eigenvalue weighted by Crippen LogP contribution is 2.25. The standard InChI is InChI=1S/C20H22N4O2/c1-2-24-19-17(13-22-24)16(20(25)21-12-15-9-6-10-26-15)11-18(23-19)14-7-4-3-5-8-14/h3-5,7-8,11,13,15H,2,6,9-10,12H2,1H3,(H,21,25). The zero-order chi connectivity index (χ0) is 17.9. The van der Waals surface area contributed by atoms with Gasteiger partial charge < -0.3 is 10.1 Å². The number of nitrogens with zero attached hydrogens (tertiary/aromatic N) is 3. The van der Waals surface area contributed by atoms with Gasteiger partial charge in [-0.15, -0.1) is 0 Å². The van der Waals surface area contributed by atoms with Crippen LogP contribution in [-0.2, 0) is 11.3 Å². The second kappa shape index (κ2) is 7.25. The predicted molar refractivity (Wildman–Crippen MR) is 99.9 cm³/mol. The SMILES string of the molecule is CCn1ncc2c(C(=O)NCC3CCCO3)cc(-c3ccccc3)nc21. The summed E-state index contributed by atoms with van der Waals surface area (Å²) in [5.41, 5.74) is 3.09. The first-order chi connectivity index (χ1) is 12.8. The van der Waals surface area contributed by atoms with Crippen molar-refractivity contribution in [3.8, 4) is 11.3 Å². The van der Waals surface area contributed by atoms with Crippen molar-refractivity contribution in [3.63, 3.8) is 0 Å². The van der Waals surface area contributed by atoms with Gasteiger partial charge in [0, 0.05) is 25.3 Å². The molecule has 3 aromatic rings. The first kappa shape index (κ1) is 16.7. The van der Waals surface area contributed by atoms with Gasteiger partial charge in [-0.25, -0.2) is 9.67 Å². The van der Waals surface area contributed by atoms with Crippen LogP contribution < -0.4 is 5.32 Å². The molecule has 0 bridgehead atoms. The van der Waals surface area contributed by atoms with Gasteiger partial charge in [0.1, 0.15) is 0 Å². The van der Waals surface area contributed by atoms with E-state index in [4.69, 9.17) is 9.72 Å². The van der Waals surface area contributed by atoms with Gasteiger partial charge in [0.25, 0.3) is 5.91 Å². The third kappa shape index (κ3) is 3.20. The number of amides is 1. The number of carbonyl (C=O) groups is 1. The van der Waals surface area contributed by atoms with Crippen LogP contribution in [0.25, 0.3) is 22.3 Å². The van der Waals surface area contributed by atoms with E-state index in [1.807, 2.05) is 48.0 Å². The Labute approximate surface area is 152 Å². The van der Waals surface area contributed by atoms with Crippen molar-refractivity contribution >= 4 is 16.9 Å². The van der Waals surface area contributed by atoms with Gasteiger partial charge in [0.2, 0.25) is 0 Å². The van der Waals surface area contributed by atoms with Crippen LogP contribution in [0, 0.1) is 0 Å². The fraction of sp³-hybridized carbons (Fsp3) is 0.350. The van der Waals surface area contributed by atoms with Crippen LogP contribution in [0.1, 0.15) is 30.1 Å². The number of carbonyl (C=O) groups excluding carboxylic acids is 1. The molecule has 134 valence electrons. The number of pyridine rings is 1. The molecule has 1 N–H and O–H groups in total. The summed E-state index contributed by atoms with van der Waals surface area (Å²) in [5, 5.41) is 8.16. The third-order valence-electron chi connectivity index (χ3n) is 4.74. The number of aryl methyl sites for hydroxylation is 1. The fourth-order valence-corrected chi connectivity index (χ4v) is 3.33. The number of nitrogens with one attached hydrogen (secondary N) is 1. The molecule has 1 aliphatic rings. The number of benzene rings is 1. The number of hydrogen-bond acceptors (Lipinski definition) is 4. The minimum Gasteiger partial charge on any atom is -0.376 e. The number of aromatic nitrogens is 3. The van der Waals surface area contributed by atoms with E-state index in [0.717, 1.165) is 41.7 Å². The Kier molecular flexibility index (Phi) is 4.67. The van der Waals surface area contributed by atoms with Crippen LogP contribution in [0.15, 0.2) is 42.6 Å². The van der Waals surface area contributed by atoms with Gasteiger partial charge in [-0.2, -0.15) is 5.10 Å². The summed E-state index contributed by atoms with van der Waals surface area (Å²) in [5.74, 6) is -0.110. The molecule has 26 heavy (non-hydrogen) atoms. The Morgan fingerprint density at radius 2 is 2.19 bits per heavy atom. The summed E-state index contributed by atoms with van der Waals surface area (Å²) in [7, 11) is 0. The highest BCUT2D eigenvalue weighted by Gasteiger charge is 2.20. The van der Waals surface area contributed by atoms with Crippen molar-refractivity contribution in [2.45, 2.75) is 32.4 Å². The molecular weight excluding hydrogens is 328 g/mol. The van der Waals surface area contributed by atoms with E-state index in [-0.39, 0.29) is 12.0 Å². The molecule has 6 heteroatoms. The molecule has 3 heterocycles. The maximum absolute atomic E-state index is 12.9. The van der Waals surface area contributed by atoms with E-state index in [9.17, 15) is 4.79 Å². The Morgan fingerprint density at radius 1 is 1.35 bits per heavy atom. The topological polar surface area (TPSA) is 69.0 Å². The Hall–Kier alpha value is -2.73. The molecule has 1 unspecified atom stereocenters. The van der Waals surface area contributed by atoms with Gasteiger partial charge >= 0.3 is 0 Å². The van der Waals surface area contributed by atoms with Crippen molar-refractivity contribution in [3.05, 3.63) is 48.2 Å². The molecule has 1 saturated heterocycles. The van der Waals surface area contributed by atoms with Crippen molar-refractivity contribution in [1.82, 2.24) is 20.1 Å². The minimum atomic E-state index is -0.110. The highest BCUT2D eigenvalue weighted by atomic mass is 16.5. The van der Waals surface area contributed by atoms with Gasteiger partial charge in [-0.1, -0.05) is 30.3 Å². The van der Waals surface area contributed by atoms with E-state index in [1.165, 1.54) is 0 Å². The number of hydrogen-bond donors (Lipinski definition) is 1. The molecule has 2 aromatic heterocycles. The average Bonchev–Trinajstić information content (AvgIpc) is 3.35. The minimum absolute atomic E-state index is 0.110. The van der Waals surface area contributed by atoms with Crippen molar-refractivity contribution in [2.75, 3.05) is 13.2 Å². The molecular formula is C20H22N4O2. The lowest BCUT2D eigenvalue weighted by Gasteiger charge is -2.12. The lowest BCUT2D eigenvalue weighted by molar-refractivity contribution is 0.0859. The first-order valence-electron chi connectivity index (χ1n) is 9.08. The molecule has 4 rings (SSSR count). The number of fused-ring (bicyclic) bond motifs is 1. The molecule has 1 aromatic carbocycles. The van der Waals surface area contributed by atoms with Crippen molar-refractivity contribution < 1.29 is 9.53 Å². The smallest absolute Gasteiger partial charge is 0.252 e. The summed E-state index contributed by atoms with van der Waals surface area (Å²) in [6.45, 7) is 4.03. The maximum atomic E-state index is 12.9. The van der Waals surface area contributed by atoms with Crippen molar-refractivity contribution in [1.29, 1.82) is 0 Å². The molecule has 1 aliphatic heterocycles. The van der Waals surface area contributed by atoms with Crippen LogP contribution in [-0.4, -0.2) is 39.9 Å². The molecule has 0 saturated carbocycles. The molecule has 1 fully saturated rings. The number of rotatable bonds is 5. The Morgan fingerprint density at radius 3 is 2.92 bits per heavy atom. The lowest BCUT2D eigenvalue weighted by atomic mass is 10.1. The second-order valence-electron chi connectivity index (χ2n) is 6.46. The van der Waals surface area contributed by atoms with Crippen LogP contribution in [0.4, 0.5) is 0 Å². The van der Waals surface area contributed by atoms with Crippen LogP contribution in [0.3, 0.4) is 0 Å². The molecule has 0 radical (unpaired) electrons. The van der Waals surface area contributed by atoms with Gasteiger partial charge in [-0.05, 0) is 25.8 Å². The maximum Gasteiger partial charge on any atom is 0.252 e. The summed E-state index contributed by atoms with van der Waals surface area (Å²) in [4.78, 5) is 17.6. The van der Waals surface area contributed by atoms with Crippen LogP contribution >= 0.6 is 0 Å². The summed E-state index contributed by atoms with van der Waals surface area (Å²) < 4.78 is 7.42. The third-order valence-corrected chi connectivity index (χ3v) is 4.74. The largest absolute Gasteiger partial charge is 0.376 e. The normalized spacial score (nSPS) is 16.9. The lowest BCUT2D eigenvalue weighted by Crippen LogP contribution is -2.31. The zero-order valence-electron chi connectivity index (χ0n) is 14.8. The summed E-state index contributed by atoms with van der Waals surface area (Å²) >= 11 is 0. The summed E-state index contributed by atoms with van der Waals surface area (Å²) in [6, 6.07) is 11.7. The second-order valence-corrected chi connectivity index (χ2v) is 6.46. The molecule has 0 aliphatic carbocycles. The van der Waals surface area contributed by atoms with Crippen LogP contribution in [0.5, 0.6) is 0 Å². The molecule has 0 spiro atoms. The highest BCUT2D eigenvalue weighted by molar-refractivity contribution is 6.06. The Bertz CT molecular complexity index is 914. The van der Waals surface area contributed by atoms with E-state index >= 15 is 0 Å². The van der Waals surface area contributed by atoms with E-state index in [1.54, 1.807) is 6.20 Å². The van der Waals surface area contributed by atoms with Gasteiger partial charge in [0.15, 0.2) is 5.65 Å². The quantitative estimate of drug-likeness (QED) is 0.768. The van der Waals surface area contributed by atoms with E-state index < -0.39 is 0 Å². The van der Waals surface area contributed by atoms with E-state index in [0.29, 0.717) is 18.7 Å². The Balaban J connectivity index is 1.72. The molecule has 6 nitrogen and oxygen atoms in total. The number of ether oxygens (including phenoxy) is 1. The van der Waals surface area contributed by atoms with Crippen LogP contribution in [0.2, 0.25) is 0 Å². The van der Waals surface area contributed by atoms with Gasteiger partial charge in [0.05, 0.1) is 28.9 Å². The molecule has 1 atom stereocenters. The fourth-order valence-electron chi connectivity index (χ4n) is 3.33. The van der Waals surface area contributed by atoms with E-state index in [2.05, 4.69) is 10.4 Å². The molecule has 1 amide bonds. The average molecular weight is 350 g/mol. The predicted octanol–water partition coefficient (Wildman–Crippen LogP) is 3.03. The monoisotopic (exact) mass is 350 g/mol. The zero-order valence-corrected chi connectivity index (χ0v) is 14.8. The van der Waals surface area contributed by atoms with Gasteiger partial charge in [-0.3, -0.25) is 4.79 Å².